The van der Waals surface area contributed by atoms with Crippen LogP contribution in [0, 0.1) is 6.92 Å². The van der Waals surface area contributed by atoms with Gasteiger partial charge in [0, 0.05) is 29.7 Å². The van der Waals surface area contributed by atoms with Crippen molar-refractivity contribution in [1.82, 2.24) is 15.0 Å². The molecule has 0 saturated carbocycles. The molecule has 0 spiro atoms. The lowest BCUT2D eigenvalue weighted by Gasteiger charge is -2.09. The molecule has 27 heavy (non-hydrogen) atoms. The Kier molecular flexibility index (Phi) is 4.45. The van der Waals surface area contributed by atoms with Gasteiger partial charge in [-0.15, -0.1) is 0 Å². The Morgan fingerprint density at radius 3 is 2.41 bits per heavy atom. The summed E-state index contributed by atoms with van der Waals surface area (Å²) in [6.07, 6.45) is 4.70. The predicted molar refractivity (Wildman–Crippen MR) is 106 cm³/mol. The topological polar surface area (TPSA) is 79.8 Å². The maximum atomic E-state index is 12.5. The number of carbonyl (C=O) groups excluding carboxylic acids is 1. The summed E-state index contributed by atoms with van der Waals surface area (Å²) in [6.45, 7) is 2.00. The van der Waals surface area contributed by atoms with E-state index in [0.717, 1.165) is 22.2 Å². The molecule has 0 aliphatic heterocycles. The van der Waals surface area contributed by atoms with Crippen molar-refractivity contribution in [3.8, 4) is 0 Å². The lowest BCUT2D eigenvalue weighted by atomic mass is 10.2. The molecule has 0 saturated heterocycles. The monoisotopic (exact) mass is 355 g/mol. The zero-order valence-corrected chi connectivity index (χ0v) is 14.7. The number of hydrogen-bond acceptors (Lipinski definition) is 5. The number of pyridine rings is 1. The van der Waals surface area contributed by atoms with E-state index in [1.54, 1.807) is 6.20 Å². The second-order valence-corrected chi connectivity index (χ2v) is 6.07. The Labute approximate surface area is 156 Å². The number of anilines is 3. The van der Waals surface area contributed by atoms with Gasteiger partial charge in [0.15, 0.2) is 0 Å². The third-order valence-electron chi connectivity index (χ3n) is 4.19. The number of aromatic nitrogens is 3. The highest BCUT2D eigenvalue weighted by Gasteiger charge is 2.10. The molecule has 1 amide bonds. The van der Waals surface area contributed by atoms with Gasteiger partial charge >= 0.3 is 0 Å². The van der Waals surface area contributed by atoms with E-state index >= 15 is 0 Å². The quantitative estimate of drug-likeness (QED) is 0.569. The van der Waals surface area contributed by atoms with Gasteiger partial charge in [-0.25, -0.2) is 9.97 Å². The molecule has 2 aromatic heterocycles. The van der Waals surface area contributed by atoms with Crippen LogP contribution in [0.5, 0.6) is 0 Å². The lowest BCUT2D eigenvalue weighted by molar-refractivity contribution is 0.102. The molecular weight excluding hydrogens is 338 g/mol. The van der Waals surface area contributed by atoms with E-state index < -0.39 is 0 Å². The number of hydrogen-bond donors (Lipinski definition) is 2. The normalized spacial score (nSPS) is 10.6. The smallest absolute Gasteiger partial charge is 0.258 e. The molecule has 4 aromatic rings. The number of para-hydroxylation sites is 2. The maximum absolute atomic E-state index is 12.5. The molecular formula is C21H17N5O. The maximum Gasteiger partial charge on any atom is 0.258 e. The van der Waals surface area contributed by atoms with Crippen LogP contribution >= 0.6 is 0 Å². The van der Waals surface area contributed by atoms with Crippen molar-refractivity contribution >= 4 is 34.1 Å². The van der Waals surface area contributed by atoms with Crippen LogP contribution < -0.4 is 10.6 Å². The average Bonchev–Trinajstić information content (AvgIpc) is 2.70. The fourth-order valence-electron chi connectivity index (χ4n) is 2.74. The number of nitrogens with one attached hydrogen (secondary N) is 2. The van der Waals surface area contributed by atoms with Crippen molar-refractivity contribution in [1.29, 1.82) is 0 Å². The fourth-order valence-corrected chi connectivity index (χ4v) is 2.74. The third kappa shape index (κ3) is 3.59. The van der Waals surface area contributed by atoms with Crippen LogP contribution in [0.2, 0.25) is 0 Å². The van der Waals surface area contributed by atoms with Crippen LogP contribution in [0.1, 0.15) is 15.9 Å². The molecule has 0 bridgehead atoms. The molecule has 0 unspecified atom stereocenters. The summed E-state index contributed by atoms with van der Waals surface area (Å²) in [4.78, 5) is 25.4. The van der Waals surface area contributed by atoms with Crippen molar-refractivity contribution in [2.24, 2.45) is 0 Å². The Morgan fingerprint density at radius 2 is 1.59 bits per heavy atom. The van der Waals surface area contributed by atoms with E-state index in [1.807, 2.05) is 61.5 Å². The summed E-state index contributed by atoms with van der Waals surface area (Å²) in [6, 6.07) is 17.3. The van der Waals surface area contributed by atoms with Crippen molar-refractivity contribution in [2.45, 2.75) is 6.92 Å². The standard InChI is InChI=1S/C21H17N5O/c1-14-6-2-3-9-17(14)26-21-23-12-16(13-24-21)20(27)25-18-10-4-7-15-8-5-11-22-19(15)18/h2-13H,1H3,(H,25,27)(H,23,24,26). The van der Waals surface area contributed by atoms with Crippen molar-refractivity contribution in [3.63, 3.8) is 0 Å². The first-order valence-corrected chi connectivity index (χ1v) is 8.50. The minimum atomic E-state index is -0.282. The highest BCUT2D eigenvalue weighted by Crippen LogP contribution is 2.21. The first kappa shape index (κ1) is 16.7. The zero-order chi connectivity index (χ0) is 18.6. The lowest BCUT2D eigenvalue weighted by Crippen LogP contribution is -2.13. The Morgan fingerprint density at radius 1 is 0.852 bits per heavy atom. The summed E-state index contributed by atoms with van der Waals surface area (Å²) in [7, 11) is 0. The Bertz CT molecular complexity index is 1100. The SMILES string of the molecule is Cc1ccccc1Nc1ncc(C(=O)Nc2cccc3cccnc23)cn1. The van der Waals surface area contributed by atoms with Crippen LogP contribution in [-0.2, 0) is 0 Å². The zero-order valence-electron chi connectivity index (χ0n) is 14.7. The molecule has 0 aliphatic rings. The van der Waals surface area contributed by atoms with E-state index in [1.165, 1.54) is 12.4 Å². The van der Waals surface area contributed by atoms with Gasteiger partial charge in [0.2, 0.25) is 5.95 Å². The molecule has 0 radical (unpaired) electrons. The van der Waals surface area contributed by atoms with Gasteiger partial charge in [0.05, 0.1) is 16.8 Å². The van der Waals surface area contributed by atoms with Crippen LogP contribution in [0.3, 0.4) is 0 Å². The predicted octanol–water partition coefficient (Wildman–Crippen LogP) is 4.33. The van der Waals surface area contributed by atoms with Crippen LogP contribution in [0.15, 0.2) is 73.2 Å². The van der Waals surface area contributed by atoms with Gasteiger partial charge in [0.1, 0.15) is 0 Å². The number of aryl methyl sites for hydroxylation is 1. The Hall–Kier alpha value is -3.80. The summed E-state index contributed by atoms with van der Waals surface area (Å²) in [5, 5.41) is 6.99. The second-order valence-electron chi connectivity index (χ2n) is 6.07. The van der Waals surface area contributed by atoms with E-state index in [0.29, 0.717) is 17.2 Å². The first-order chi connectivity index (χ1) is 13.2. The highest BCUT2D eigenvalue weighted by molar-refractivity contribution is 6.08. The van der Waals surface area contributed by atoms with Gasteiger partial charge in [0.25, 0.3) is 5.91 Å². The molecule has 2 aromatic carbocycles. The number of rotatable bonds is 4. The van der Waals surface area contributed by atoms with E-state index in [9.17, 15) is 4.79 Å². The molecule has 2 N–H and O–H groups in total. The molecule has 0 fully saturated rings. The van der Waals surface area contributed by atoms with Gasteiger partial charge in [-0.1, -0.05) is 36.4 Å². The minimum Gasteiger partial charge on any atom is -0.324 e. The van der Waals surface area contributed by atoms with Crippen LogP contribution in [-0.4, -0.2) is 20.9 Å². The average molecular weight is 355 g/mol. The van der Waals surface area contributed by atoms with Gasteiger partial charge in [-0.05, 0) is 30.7 Å². The van der Waals surface area contributed by atoms with Crippen molar-refractivity contribution < 1.29 is 4.79 Å². The molecule has 6 heteroatoms. The van der Waals surface area contributed by atoms with Gasteiger partial charge < -0.3 is 10.6 Å². The van der Waals surface area contributed by atoms with Gasteiger partial charge in [-0.3, -0.25) is 9.78 Å². The second kappa shape index (κ2) is 7.21. The number of carbonyl (C=O) groups is 1. The van der Waals surface area contributed by atoms with Crippen LogP contribution in [0.25, 0.3) is 10.9 Å². The number of benzene rings is 2. The molecule has 4 rings (SSSR count). The molecule has 0 aliphatic carbocycles. The summed E-state index contributed by atoms with van der Waals surface area (Å²) in [5.41, 5.74) is 3.79. The van der Waals surface area contributed by atoms with Gasteiger partial charge in [-0.2, -0.15) is 0 Å². The highest BCUT2D eigenvalue weighted by atomic mass is 16.1. The first-order valence-electron chi connectivity index (χ1n) is 8.50. The molecule has 6 nitrogen and oxygen atoms in total. The largest absolute Gasteiger partial charge is 0.324 e. The molecule has 0 atom stereocenters. The third-order valence-corrected chi connectivity index (χ3v) is 4.19. The van der Waals surface area contributed by atoms with E-state index in [-0.39, 0.29) is 5.91 Å². The van der Waals surface area contributed by atoms with Crippen LogP contribution in [0.4, 0.5) is 17.3 Å². The van der Waals surface area contributed by atoms with E-state index in [2.05, 4.69) is 25.6 Å². The summed E-state index contributed by atoms with van der Waals surface area (Å²) >= 11 is 0. The van der Waals surface area contributed by atoms with Crippen molar-refractivity contribution in [3.05, 3.63) is 84.3 Å². The summed E-state index contributed by atoms with van der Waals surface area (Å²) in [5.74, 6) is 0.156. The molecule has 132 valence electrons. The Balaban J connectivity index is 1.52. The fraction of sp³-hybridized carbons (Fsp3) is 0.0476. The summed E-state index contributed by atoms with van der Waals surface area (Å²) < 4.78 is 0. The van der Waals surface area contributed by atoms with E-state index in [4.69, 9.17) is 0 Å². The number of amides is 1. The number of nitrogens with zero attached hydrogens (tertiary/aromatic N) is 3. The number of fused-ring (bicyclic) bond motifs is 1. The minimum absolute atomic E-state index is 0.282. The molecule has 2 heterocycles. The van der Waals surface area contributed by atoms with Crippen molar-refractivity contribution in [2.75, 3.05) is 10.6 Å².